The molecule has 0 unspecified atom stereocenters. The summed E-state index contributed by atoms with van der Waals surface area (Å²) in [5.74, 6) is -0.0179. The maximum absolute atomic E-state index is 12.1. The van der Waals surface area contributed by atoms with E-state index in [0.717, 1.165) is 36.3 Å². The number of rotatable bonds is 4. The molecule has 1 aliphatic rings. The van der Waals surface area contributed by atoms with E-state index in [9.17, 15) is 4.79 Å². The molecule has 1 aromatic heterocycles. The molecule has 118 valence electrons. The topological polar surface area (TPSA) is 54.0 Å². The van der Waals surface area contributed by atoms with Crippen molar-refractivity contribution >= 4 is 36.4 Å². The third-order valence-electron chi connectivity index (χ3n) is 3.47. The molecule has 0 fully saturated rings. The van der Waals surface area contributed by atoms with Crippen molar-refractivity contribution in [3.05, 3.63) is 59.4 Å². The maximum Gasteiger partial charge on any atom is 0.251 e. The minimum atomic E-state index is -0.0179. The second-order valence-electron chi connectivity index (χ2n) is 4.88. The smallest absolute Gasteiger partial charge is 0.251 e. The first-order valence-corrected chi connectivity index (χ1v) is 6.88. The highest BCUT2D eigenvalue weighted by atomic mass is 35.5. The molecule has 0 saturated carbocycles. The molecule has 1 aromatic carbocycles. The summed E-state index contributed by atoms with van der Waals surface area (Å²) in [6, 6.07) is 11.6. The van der Waals surface area contributed by atoms with Crippen LogP contribution in [0.3, 0.4) is 0 Å². The third-order valence-corrected chi connectivity index (χ3v) is 3.47. The largest absolute Gasteiger partial charge is 0.384 e. The number of aromatic nitrogens is 1. The van der Waals surface area contributed by atoms with Gasteiger partial charge in [-0.05, 0) is 42.3 Å². The molecular formula is C16H19Cl2N3O. The number of carbonyl (C=O) groups excluding carboxylic acids is 1. The van der Waals surface area contributed by atoms with E-state index >= 15 is 0 Å². The molecule has 0 radical (unpaired) electrons. The van der Waals surface area contributed by atoms with Gasteiger partial charge in [0.25, 0.3) is 5.91 Å². The van der Waals surface area contributed by atoms with Crippen LogP contribution in [0.25, 0.3) is 0 Å². The Balaban J connectivity index is 0.00000121. The van der Waals surface area contributed by atoms with Gasteiger partial charge in [-0.2, -0.15) is 0 Å². The van der Waals surface area contributed by atoms with Gasteiger partial charge in [0.15, 0.2) is 0 Å². The lowest BCUT2D eigenvalue weighted by Crippen LogP contribution is -2.25. The third kappa shape index (κ3) is 4.36. The second kappa shape index (κ2) is 8.61. The SMILES string of the molecule is Cl.Cl.O=C(NCCc1ccccn1)c1ccc2c(c1)CCN2. The zero-order valence-electron chi connectivity index (χ0n) is 12.0. The number of fused-ring (bicyclic) bond motifs is 1. The molecule has 0 aliphatic carbocycles. The lowest BCUT2D eigenvalue weighted by molar-refractivity contribution is 0.0954. The maximum atomic E-state index is 12.1. The summed E-state index contributed by atoms with van der Waals surface area (Å²) < 4.78 is 0. The van der Waals surface area contributed by atoms with E-state index in [2.05, 4.69) is 15.6 Å². The quantitative estimate of drug-likeness (QED) is 0.900. The molecule has 6 heteroatoms. The summed E-state index contributed by atoms with van der Waals surface area (Å²) in [7, 11) is 0. The van der Waals surface area contributed by atoms with Gasteiger partial charge in [0.1, 0.15) is 0 Å². The van der Waals surface area contributed by atoms with Crippen molar-refractivity contribution in [1.82, 2.24) is 10.3 Å². The number of carbonyl (C=O) groups is 1. The number of anilines is 1. The number of amides is 1. The average molecular weight is 340 g/mol. The van der Waals surface area contributed by atoms with Crippen molar-refractivity contribution in [3.8, 4) is 0 Å². The van der Waals surface area contributed by atoms with Crippen molar-refractivity contribution in [2.45, 2.75) is 12.8 Å². The van der Waals surface area contributed by atoms with Crippen LogP contribution in [-0.2, 0) is 12.8 Å². The van der Waals surface area contributed by atoms with Crippen LogP contribution in [0.15, 0.2) is 42.6 Å². The van der Waals surface area contributed by atoms with Gasteiger partial charge >= 0.3 is 0 Å². The molecule has 0 atom stereocenters. The normalized spacial score (nSPS) is 11.5. The van der Waals surface area contributed by atoms with Crippen molar-refractivity contribution in [2.24, 2.45) is 0 Å². The Morgan fingerprint density at radius 3 is 2.86 bits per heavy atom. The summed E-state index contributed by atoms with van der Waals surface area (Å²) in [6.07, 6.45) is 3.51. The molecule has 0 bridgehead atoms. The predicted octanol–water partition coefficient (Wildman–Crippen LogP) is 2.87. The van der Waals surface area contributed by atoms with E-state index < -0.39 is 0 Å². The number of halogens is 2. The highest BCUT2D eigenvalue weighted by molar-refractivity contribution is 5.95. The standard InChI is InChI=1S/C16H17N3O.2ClH/c20-16(19-10-7-14-3-1-2-8-17-14)13-4-5-15-12(11-13)6-9-18-15;;/h1-5,8,11,18H,6-7,9-10H2,(H,19,20);2*1H. The summed E-state index contributed by atoms with van der Waals surface area (Å²) in [5.41, 5.74) is 4.09. The van der Waals surface area contributed by atoms with Crippen LogP contribution < -0.4 is 10.6 Å². The van der Waals surface area contributed by atoms with Crippen LogP contribution in [0.2, 0.25) is 0 Å². The van der Waals surface area contributed by atoms with Crippen LogP contribution in [-0.4, -0.2) is 24.0 Å². The van der Waals surface area contributed by atoms with Gasteiger partial charge < -0.3 is 10.6 Å². The molecular weight excluding hydrogens is 321 g/mol. The van der Waals surface area contributed by atoms with Crippen LogP contribution >= 0.6 is 24.8 Å². The molecule has 0 spiro atoms. The fourth-order valence-corrected chi connectivity index (χ4v) is 2.40. The lowest BCUT2D eigenvalue weighted by atomic mass is 10.1. The number of hydrogen-bond acceptors (Lipinski definition) is 3. The second-order valence-corrected chi connectivity index (χ2v) is 4.88. The average Bonchev–Trinajstić information content (AvgIpc) is 2.95. The monoisotopic (exact) mass is 339 g/mol. The zero-order chi connectivity index (χ0) is 13.8. The highest BCUT2D eigenvalue weighted by Gasteiger charge is 2.13. The fourth-order valence-electron chi connectivity index (χ4n) is 2.40. The van der Waals surface area contributed by atoms with Crippen molar-refractivity contribution in [3.63, 3.8) is 0 Å². The predicted molar refractivity (Wildman–Crippen MR) is 93.4 cm³/mol. The minimum Gasteiger partial charge on any atom is -0.384 e. The van der Waals surface area contributed by atoms with Gasteiger partial charge in [-0.15, -0.1) is 24.8 Å². The number of nitrogens with one attached hydrogen (secondary N) is 2. The lowest BCUT2D eigenvalue weighted by Gasteiger charge is -2.06. The fraction of sp³-hybridized carbons (Fsp3) is 0.250. The highest BCUT2D eigenvalue weighted by Crippen LogP contribution is 2.22. The van der Waals surface area contributed by atoms with E-state index in [0.29, 0.717) is 6.54 Å². The first-order valence-electron chi connectivity index (χ1n) is 6.88. The Labute approximate surface area is 142 Å². The van der Waals surface area contributed by atoms with Gasteiger partial charge in [0.05, 0.1) is 0 Å². The number of pyridine rings is 1. The Bertz CT molecular complexity index is 620. The van der Waals surface area contributed by atoms with Gasteiger partial charge in [0, 0.05) is 42.7 Å². The summed E-state index contributed by atoms with van der Waals surface area (Å²) in [5, 5.41) is 6.23. The van der Waals surface area contributed by atoms with Crippen molar-refractivity contribution in [1.29, 1.82) is 0 Å². The van der Waals surface area contributed by atoms with Gasteiger partial charge in [-0.25, -0.2) is 0 Å². The van der Waals surface area contributed by atoms with Crippen LogP contribution in [0.1, 0.15) is 21.6 Å². The van der Waals surface area contributed by atoms with Crippen LogP contribution in [0, 0.1) is 0 Å². The minimum absolute atomic E-state index is 0. The van der Waals surface area contributed by atoms with Gasteiger partial charge in [-0.3, -0.25) is 9.78 Å². The van der Waals surface area contributed by atoms with Crippen molar-refractivity contribution in [2.75, 3.05) is 18.4 Å². The molecule has 1 aliphatic heterocycles. The van der Waals surface area contributed by atoms with Crippen LogP contribution in [0.4, 0.5) is 5.69 Å². The summed E-state index contributed by atoms with van der Waals surface area (Å²) in [4.78, 5) is 16.3. The molecule has 2 aromatic rings. The van der Waals surface area contributed by atoms with Gasteiger partial charge in [0.2, 0.25) is 0 Å². The molecule has 2 heterocycles. The van der Waals surface area contributed by atoms with E-state index in [1.807, 2.05) is 36.4 Å². The summed E-state index contributed by atoms with van der Waals surface area (Å²) >= 11 is 0. The molecule has 3 rings (SSSR count). The number of nitrogens with zero attached hydrogens (tertiary/aromatic N) is 1. The Morgan fingerprint density at radius 2 is 2.09 bits per heavy atom. The number of benzene rings is 1. The Morgan fingerprint density at radius 1 is 1.23 bits per heavy atom. The molecule has 0 saturated heterocycles. The summed E-state index contributed by atoms with van der Waals surface area (Å²) in [6.45, 7) is 1.56. The van der Waals surface area contributed by atoms with E-state index in [-0.39, 0.29) is 30.7 Å². The van der Waals surface area contributed by atoms with E-state index in [4.69, 9.17) is 0 Å². The first kappa shape index (κ1) is 18.3. The first-order chi connectivity index (χ1) is 9.83. The molecule has 1 amide bonds. The zero-order valence-corrected chi connectivity index (χ0v) is 13.7. The Hall–Kier alpha value is -1.78. The molecule has 4 nitrogen and oxygen atoms in total. The van der Waals surface area contributed by atoms with Crippen molar-refractivity contribution < 1.29 is 4.79 Å². The van der Waals surface area contributed by atoms with E-state index in [1.165, 1.54) is 5.56 Å². The van der Waals surface area contributed by atoms with Gasteiger partial charge in [-0.1, -0.05) is 6.07 Å². The van der Waals surface area contributed by atoms with Crippen LogP contribution in [0.5, 0.6) is 0 Å². The molecule has 22 heavy (non-hydrogen) atoms. The Kier molecular flexibility index (Phi) is 7.15. The molecule has 2 N–H and O–H groups in total. The van der Waals surface area contributed by atoms with E-state index in [1.54, 1.807) is 6.20 Å². The number of hydrogen-bond donors (Lipinski definition) is 2.